The lowest BCUT2D eigenvalue weighted by molar-refractivity contribution is -0.116. The molecule has 0 radical (unpaired) electrons. The van der Waals surface area contributed by atoms with Gasteiger partial charge in [-0.2, -0.15) is 0 Å². The summed E-state index contributed by atoms with van der Waals surface area (Å²) in [5, 5.41) is 3.55. The van der Waals surface area contributed by atoms with E-state index in [0.29, 0.717) is 24.8 Å². The number of rotatable bonds is 11. The molecule has 142 valence electrons. The van der Waals surface area contributed by atoms with Crippen molar-refractivity contribution in [3.8, 4) is 11.5 Å². The van der Waals surface area contributed by atoms with Crippen LogP contribution in [0, 0.1) is 0 Å². The molecule has 27 heavy (non-hydrogen) atoms. The van der Waals surface area contributed by atoms with Crippen LogP contribution in [-0.4, -0.2) is 25.7 Å². The zero-order valence-corrected chi connectivity index (χ0v) is 16.0. The van der Waals surface area contributed by atoms with E-state index in [0.717, 1.165) is 29.9 Å². The predicted octanol–water partition coefficient (Wildman–Crippen LogP) is 4.89. The van der Waals surface area contributed by atoms with Crippen LogP contribution in [0.15, 0.2) is 67.3 Å². The van der Waals surface area contributed by atoms with Gasteiger partial charge in [0.2, 0.25) is 5.91 Å². The average Bonchev–Trinajstić information content (AvgIpc) is 2.69. The third-order valence-corrected chi connectivity index (χ3v) is 3.88. The van der Waals surface area contributed by atoms with Crippen molar-refractivity contribution in [1.29, 1.82) is 0 Å². The zero-order valence-electron chi connectivity index (χ0n) is 15.2. The molecule has 1 amide bonds. The molecule has 0 bridgehead atoms. The summed E-state index contributed by atoms with van der Waals surface area (Å²) in [6.07, 6.45) is 6.71. The van der Waals surface area contributed by atoms with Gasteiger partial charge in [-0.15, -0.1) is 0 Å². The van der Waals surface area contributed by atoms with Gasteiger partial charge in [-0.1, -0.05) is 36.4 Å². The highest BCUT2D eigenvalue weighted by atomic mass is 35.5. The minimum Gasteiger partial charge on any atom is -0.494 e. The summed E-state index contributed by atoms with van der Waals surface area (Å²) in [5.41, 5.74) is 0.937. The van der Waals surface area contributed by atoms with Crippen LogP contribution >= 0.6 is 11.6 Å². The number of ether oxygens (including phenoxy) is 2. The molecule has 2 aromatic carbocycles. The van der Waals surface area contributed by atoms with Crippen LogP contribution in [0.2, 0.25) is 5.02 Å². The number of unbranched alkanes of at least 4 members (excludes halogenated alkanes) is 1. The Hall–Kier alpha value is -2.72. The molecule has 0 atom stereocenters. The summed E-state index contributed by atoms with van der Waals surface area (Å²) in [6.45, 7) is 5.30. The number of carbonyl (C=O) groups excluding carboxylic acids is 1. The average molecular weight is 386 g/mol. The molecule has 0 unspecified atom stereocenters. The van der Waals surface area contributed by atoms with Gasteiger partial charge in [0, 0.05) is 17.6 Å². The number of nitrogens with one attached hydrogen (secondary N) is 1. The van der Waals surface area contributed by atoms with Crippen LogP contribution in [0.3, 0.4) is 0 Å². The Morgan fingerprint density at radius 1 is 1.00 bits per heavy atom. The Labute approximate surface area is 165 Å². The van der Waals surface area contributed by atoms with Crippen molar-refractivity contribution in [2.75, 3.05) is 19.8 Å². The fourth-order valence-electron chi connectivity index (χ4n) is 2.22. The molecule has 5 heteroatoms. The van der Waals surface area contributed by atoms with Crippen molar-refractivity contribution < 1.29 is 14.3 Å². The van der Waals surface area contributed by atoms with Crippen LogP contribution in [-0.2, 0) is 4.79 Å². The highest BCUT2D eigenvalue weighted by Gasteiger charge is 1.98. The van der Waals surface area contributed by atoms with Crippen LogP contribution in [0.25, 0.3) is 6.08 Å². The van der Waals surface area contributed by atoms with Crippen LogP contribution in [0.5, 0.6) is 11.5 Å². The minimum atomic E-state index is -0.111. The van der Waals surface area contributed by atoms with Crippen molar-refractivity contribution in [1.82, 2.24) is 5.32 Å². The summed E-state index contributed by atoms with van der Waals surface area (Å²) in [5.74, 6) is 1.46. The van der Waals surface area contributed by atoms with Gasteiger partial charge in [-0.05, 0) is 60.9 Å². The largest absolute Gasteiger partial charge is 0.494 e. The Morgan fingerprint density at radius 2 is 1.67 bits per heavy atom. The summed E-state index contributed by atoms with van der Waals surface area (Å²) >= 11 is 5.82. The van der Waals surface area contributed by atoms with Crippen LogP contribution in [0.1, 0.15) is 18.4 Å². The molecule has 0 fully saturated rings. The maximum Gasteiger partial charge on any atom is 0.243 e. The summed E-state index contributed by atoms with van der Waals surface area (Å²) < 4.78 is 11.0. The maximum atomic E-state index is 11.8. The monoisotopic (exact) mass is 385 g/mol. The first-order chi connectivity index (χ1) is 13.2. The number of benzene rings is 2. The summed E-state index contributed by atoms with van der Waals surface area (Å²) in [6, 6.07) is 14.8. The Kier molecular flexibility index (Phi) is 9.01. The predicted molar refractivity (Wildman–Crippen MR) is 110 cm³/mol. The molecule has 2 aromatic rings. The van der Waals surface area contributed by atoms with Gasteiger partial charge < -0.3 is 14.8 Å². The third-order valence-electron chi connectivity index (χ3n) is 3.63. The number of carbonyl (C=O) groups is 1. The molecule has 2 rings (SSSR count). The second-order valence-corrected chi connectivity index (χ2v) is 6.24. The van der Waals surface area contributed by atoms with E-state index in [9.17, 15) is 4.79 Å². The minimum absolute atomic E-state index is 0.111. The van der Waals surface area contributed by atoms with E-state index >= 15 is 0 Å². The van der Waals surface area contributed by atoms with Crippen molar-refractivity contribution >= 4 is 23.6 Å². The van der Waals surface area contributed by atoms with Gasteiger partial charge in [0.05, 0.1) is 6.61 Å². The topological polar surface area (TPSA) is 47.6 Å². The lowest BCUT2D eigenvalue weighted by atomic mass is 10.2. The van der Waals surface area contributed by atoms with Gasteiger partial charge in [0.15, 0.2) is 0 Å². The van der Waals surface area contributed by atoms with Gasteiger partial charge in [0.1, 0.15) is 18.1 Å². The second kappa shape index (κ2) is 11.8. The lowest BCUT2D eigenvalue weighted by Crippen LogP contribution is -2.22. The number of halogens is 1. The molecule has 4 nitrogen and oxygen atoms in total. The van der Waals surface area contributed by atoms with E-state index in [-0.39, 0.29) is 5.91 Å². The first-order valence-corrected chi connectivity index (χ1v) is 9.23. The van der Waals surface area contributed by atoms with E-state index in [1.54, 1.807) is 24.3 Å². The van der Waals surface area contributed by atoms with E-state index in [2.05, 4.69) is 11.9 Å². The Balaban J connectivity index is 1.59. The second-order valence-electron chi connectivity index (χ2n) is 5.80. The molecular formula is C22H24ClNO3. The fourth-order valence-corrected chi connectivity index (χ4v) is 2.35. The summed E-state index contributed by atoms with van der Waals surface area (Å²) in [7, 11) is 0. The standard InChI is InChI=1S/C22H24ClNO3/c1-2-16-26-20-10-5-18(6-11-20)7-14-22(25)24-15-3-4-17-27-21-12-8-19(23)9-13-21/h2,5-14H,1,3-4,15-17H2,(H,24,25). The van der Waals surface area contributed by atoms with Gasteiger partial charge in [0.25, 0.3) is 0 Å². The van der Waals surface area contributed by atoms with Gasteiger partial charge >= 0.3 is 0 Å². The fraction of sp³-hybridized carbons (Fsp3) is 0.227. The van der Waals surface area contributed by atoms with Crippen LogP contribution < -0.4 is 14.8 Å². The van der Waals surface area contributed by atoms with Gasteiger partial charge in [-0.3, -0.25) is 4.79 Å². The highest BCUT2D eigenvalue weighted by molar-refractivity contribution is 6.30. The molecule has 0 saturated carbocycles. The SMILES string of the molecule is C=CCOc1ccc(C=CC(=O)NCCCCOc2ccc(Cl)cc2)cc1. The number of hydrogen-bond donors (Lipinski definition) is 1. The molecular weight excluding hydrogens is 362 g/mol. The maximum absolute atomic E-state index is 11.8. The lowest BCUT2D eigenvalue weighted by Gasteiger charge is -2.06. The molecule has 0 aliphatic rings. The van der Waals surface area contributed by atoms with Crippen LogP contribution in [0.4, 0.5) is 0 Å². The van der Waals surface area contributed by atoms with Crippen molar-refractivity contribution in [3.63, 3.8) is 0 Å². The molecule has 1 N–H and O–H groups in total. The molecule has 0 aromatic heterocycles. The first kappa shape index (κ1) is 20.6. The van der Waals surface area contributed by atoms with E-state index < -0.39 is 0 Å². The highest BCUT2D eigenvalue weighted by Crippen LogP contribution is 2.15. The van der Waals surface area contributed by atoms with Crippen molar-refractivity contribution in [2.45, 2.75) is 12.8 Å². The van der Waals surface area contributed by atoms with E-state index in [1.165, 1.54) is 6.08 Å². The van der Waals surface area contributed by atoms with Gasteiger partial charge in [-0.25, -0.2) is 0 Å². The Bertz CT molecular complexity index is 739. The third kappa shape index (κ3) is 8.47. The van der Waals surface area contributed by atoms with Crippen molar-refractivity contribution in [2.24, 2.45) is 0 Å². The summed E-state index contributed by atoms with van der Waals surface area (Å²) in [4.78, 5) is 11.8. The van der Waals surface area contributed by atoms with E-state index in [1.807, 2.05) is 36.4 Å². The quantitative estimate of drug-likeness (QED) is 0.340. The Morgan fingerprint density at radius 3 is 2.37 bits per heavy atom. The number of hydrogen-bond acceptors (Lipinski definition) is 3. The molecule has 0 saturated heterocycles. The number of amides is 1. The zero-order chi connectivity index (χ0) is 19.3. The van der Waals surface area contributed by atoms with E-state index in [4.69, 9.17) is 21.1 Å². The first-order valence-electron chi connectivity index (χ1n) is 8.85. The molecule has 0 heterocycles. The molecule has 0 aliphatic heterocycles. The molecule has 0 aliphatic carbocycles. The molecule has 0 spiro atoms. The smallest absolute Gasteiger partial charge is 0.243 e. The normalized spacial score (nSPS) is 10.6. The van der Waals surface area contributed by atoms with Crippen molar-refractivity contribution in [3.05, 3.63) is 77.8 Å².